The lowest BCUT2D eigenvalue weighted by Gasteiger charge is -2.12. The number of hydrogen-bond acceptors (Lipinski definition) is 5. The summed E-state index contributed by atoms with van der Waals surface area (Å²) in [5, 5.41) is 17.0. The van der Waals surface area contributed by atoms with Crippen LogP contribution in [0.25, 0.3) is 0 Å². The van der Waals surface area contributed by atoms with Gasteiger partial charge in [-0.05, 0) is 12.1 Å². The van der Waals surface area contributed by atoms with E-state index in [-0.39, 0.29) is 26.1 Å². The SMILES string of the molecule is Nc1ccc(OCCC(=O)O)c(OCCC(=O)O)c1. The Kier molecular flexibility index (Phi) is 5.46. The van der Waals surface area contributed by atoms with Gasteiger partial charge in [-0.15, -0.1) is 0 Å². The van der Waals surface area contributed by atoms with Gasteiger partial charge >= 0.3 is 11.9 Å². The number of carbonyl (C=O) groups is 2. The summed E-state index contributed by atoms with van der Waals surface area (Å²) >= 11 is 0. The van der Waals surface area contributed by atoms with Crippen molar-refractivity contribution in [1.82, 2.24) is 0 Å². The molecule has 1 aromatic rings. The summed E-state index contributed by atoms with van der Waals surface area (Å²) in [5.74, 6) is -1.31. The molecule has 0 heterocycles. The van der Waals surface area contributed by atoms with E-state index in [0.717, 1.165) is 0 Å². The lowest BCUT2D eigenvalue weighted by atomic mass is 10.3. The van der Waals surface area contributed by atoms with Crippen LogP contribution in [0, 0.1) is 0 Å². The van der Waals surface area contributed by atoms with E-state index in [1.165, 1.54) is 6.07 Å². The van der Waals surface area contributed by atoms with E-state index in [2.05, 4.69) is 0 Å². The van der Waals surface area contributed by atoms with Gasteiger partial charge in [-0.25, -0.2) is 0 Å². The summed E-state index contributed by atoms with van der Waals surface area (Å²) in [7, 11) is 0. The first kappa shape index (κ1) is 14.6. The van der Waals surface area contributed by atoms with Crippen molar-refractivity contribution in [2.24, 2.45) is 0 Å². The van der Waals surface area contributed by atoms with Crippen molar-refractivity contribution in [2.75, 3.05) is 18.9 Å². The number of aliphatic carboxylic acids is 2. The molecule has 0 aromatic heterocycles. The molecule has 19 heavy (non-hydrogen) atoms. The monoisotopic (exact) mass is 269 g/mol. The molecule has 0 unspecified atom stereocenters. The predicted molar refractivity (Wildman–Crippen MR) is 66.4 cm³/mol. The molecule has 0 atom stereocenters. The second-order valence-corrected chi connectivity index (χ2v) is 3.69. The van der Waals surface area contributed by atoms with Crippen molar-refractivity contribution in [3.05, 3.63) is 18.2 Å². The van der Waals surface area contributed by atoms with Gasteiger partial charge in [-0.1, -0.05) is 0 Å². The van der Waals surface area contributed by atoms with Crippen molar-refractivity contribution in [3.8, 4) is 11.5 Å². The molecular formula is C12H15NO6. The Bertz CT molecular complexity index is 460. The summed E-state index contributed by atoms with van der Waals surface area (Å²) in [6.45, 7) is -0.0252. The maximum Gasteiger partial charge on any atom is 0.306 e. The van der Waals surface area contributed by atoms with Crippen LogP contribution in [0.5, 0.6) is 11.5 Å². The number of ether oxygens (including phenoxy) is 2. The fraction of sp³-hybridized carbons (Fsp3) is 0.333. The lowest BCUT2D eigenvalue weighted by molar-refractivity contribution is -0.138. The molecule has 104 valence electrons. The standard InChI is InChI=1S/C12H15NO6/c13-8-1-2-9(18-5-3-11(14)15)10(7-8)19-6-4-12(16)17/h1-2,7H,3-6,13H2,(H,14,15)(H,16,17). The van der Waals surface area contributed by atoms with Crippen LogP contribution in [0.2, 0.25) is 0 Å². The van der Waals surface area contributed by atoms with E-state index < -0.39 is 11.9 Å². The van der Waals surface area contributed by atoms with E-state index in [1.54, 1.807) is 12.1 Å². The van der Waals surface area contributed by atoms with Crippen molar-refractivity contribution in [3.63, 3.8) is 0 Å². The largest absolute Gasteiger partial charge is 0.489 e. The van der Waals surface area contributed by atoms with E-state index >= 15 is 0 Å². The first-order valence-electron chi connectivity index (χ1n) is 5.57. The molecule has 0 radical (unpaired) electrons. The van der Waals surface area contributed by atoms with E-state index in [1.807, 2.05) is 0 Å². The Morgan fingerprint density at radius 2 is 1.53 bits per heavy atom. The smallest absolute Gasteiger partial charge is 0.306 e. The highest BCUT2D eigenvalue weighted by atomic mass is 16.5. The molecule has 0 saturated heterocycles. The molecule has 0 bridgehead atoms. The van der Waals surface area contributed by atoms with Gasteiger partial charge in [-0.2, -0.15) is 0 Å². The molecule has 7 nitrogen and oxygen atoms in total. The van der Waals surface area contributed by atoms with Crippen LogP contribution in [0.4, 0.5) is 5.69 Å². The first-order chi connectivity index (χ1) is 8.99. The van der Waals surface area contributed by atoms with E-state index in [0.29, 0.717) is 17.2 Å². The van der Waals surface area contributed by atoms with Crippen LogP contribution in [0.15, 0.2) is 18.2 Å². The Balaban J connectivity index is 2.62. The normalized spacial score (nSPS) is 9.89. The Morgan fingerprint density at radius 3 is 2.05 bits per heavy atom. The second-order valence-electron chi connectivity index (χ2n) is 3.69. The van der Waals surface area contributed by atoms with Crippen LogP contribution in [-0.4, -0.2) is 35.4 Å². The molecule has 1 rings (SSSR count). The van der Waals surface area contributed by atoms with Crippen LogP contribution in [0.3, 0.4) is 0 Å². The fourth-order valence-corrected chi connectivity index (χ4v) is 1.25. The average Bonchev–Trinajstić information content (AvgIpc) is 2.31. The number of nitrogen functional groups attached to an aromatic ring is 1. The lowest BCUT2D eigenvalue weighted by Crippen LogP contribution is -2.08. The second kappa shape index (κ2) is 7.10. The molecular weight excluding hydrogens is 254 g/mol. The molecule has 0 aliphatic carbocycles. The molecule has 0 fully saturated rings. The number of nitrogens with two attached hydrogens (primary N) is 1. The average molecular weight is 269 g/mol. The predicted octanol–water partition coefficient (Wildman–Crippen LogP) is 0.976. The Labute approximate surface area is 109 Å². The van der Waals surface area contributed by atoms with Crippen molar-refractivity contribution in [1.29, 1.82) is 0 Å². The molecule has 7 heteroatoms. The van der Waals surface area contributed by atoms with Gasteiger partial charge in [0.15, 0.2) is 11.5 Å². The third-order valence-electron chi connectivity index (χ3n) is 2.11. The third kappa shape index (κ3) is 5.62. The number of benzene rings is 1. The van der Waals surface area contributed by atoms with Crippen molar-refractivity contribution >= 4 is 17.6 Å². The zero-order valence-electron chi connectivity index (χ0n) is 10.2. The quantitative estimate of drug-likeness (QED) is 0.601. The van der Waals surface area contributed by atoms with Crippen LogP contribution < -0.4 is 15.2 Å². The number of rotatable bonds is 8. The number of anilines is 1. The van der Waals surface area contributed by atoms with Gasteiger partial charge < -0.3 is 25.4 Å². The van der Waals surface area contributed by atoms with Gasteiger partial charge in [0, 0.05) is 11.8 Å². The van der Waals surface area contributed by atoms with Gasteiger partial charge in [0.2, 0.25) is 0 Å². The van der Waals surface area contributed by atoms with Crippen molar-refractivity contribution < 1.29 is 29.3 Å². The molecule has 0 amide bonds. The molecule has 4 N–H and O–H groups in total. The molecule has 0 aliphatic heterocycles. The van der Waals surface area contributed by atoms with E-state index in [9.17, 15) is 9.59 Å². The summed E-state index contributed by atoms with van der Waals surface area (Å²) in [6.07, 6.45) is -0.289. The summed E-state index contributed by atoms with van der Waals surface area (Å²) in [6, 6.07) is 4.63. The minimum absolute atomic E-state index is 0.00541. The summed E-state index contributed by atoms with van der Waals surface area (Å²) in [4.78, 5) is 20.8. The zero-order chi connectivity index (χ0) is 14.3. The van der Waals surface area contributed by atoms with Gasteiger partial charge in [0.25, 0.3) is 0 Å². The zero-order valence-corrected chi connectivity index (χ0v) is 10.2. The summed E-state index contributed by atoms with van der Waals surface area (Å²) < 4.78 is 10.5. The number of carboxylic acid groups (broad SMARTS) is 2. The first-order valence-corrected chi connectivity index (χ1v) is 5.57. The molecule has 1 aromatic carbocycles. The Hall–Kier alpha value is -2.44. The topological polar surface area (TPSA) is 119 Å². The number of carboxylic acids is 2. The number of hydrogen-bond donors (Lipinski definition) is 3. The third-order valence-corrected chi connectivity index (χ3v) is 2.11. The highest BCUT2D eigenvalue weighted by molar-refractivity contribution is 5.67. The minimum atomic E-state index is -0.975. The molecule has 0 spiro atoms. The summed E-state index contributed by atoms with van der Waals surface area (Å²) in [5.41, 5.74) is 6.03. The molecule has 0 saturated carbocycles. The van der Waals surface area contributed by atoms with Gasteiger partial charge in [0.05, 0.1) is 26.1 Å². The maximum atomic E-state index is 10.4. The van der Waals surface area contributed by atoms with Gasteiger partial charge in [-0.3, -0.25) is 9.59 Å². The van der Waals surface area contributed by atoms with Crippen LogP contribution in [-0.2, 0) is 9.59 Å². The van der Waals surface area contributed by atoms with Crippen molar-refractivity contribution in [2.45, 2.75) is 12.8 Å². The molecule has 0 aliphatic rings. The van der Waals surface area contributed by atoms with Crippen LogP contribution in [0.1, 0.15) is 12.8 Å². The fourth-order valence-electron chi connectivity index (χ4n) is 1.25. The van der Waals surface area contributed by atoms with Gasteiger partial charge in [0.1, 0.15) is 0 Å². The highest BCUT2D eigenvalue weighted by Crippen LogP contribution is 2.29. The highest BCUT2D eigenvalue weighted by Gasteiger charge is 2.08. The minimum Gasteiger partial charge on any atom is -0.489 e. The van der Waals surface area contributed by atoms with Crippen LogP contribution >= 0.6 is 0 Å². The maximum absolute atomic E-state index is 10.4. The van der Waals surface area contributed by atoms with E-state index in [4.69, 9.17) is 25.4 Å². The Morgan fingerprint density at radius 1 is 1.00 bits per heavy atom.